The Bertz CT molecular complexity index is 1020. The molecule has 1 amide bonds. The third-order valence-corrected chi connectivity index (χ3v) is 5.98. The minimum atomic E-state index is -1.54. The Labute approximate surface area is 171 Å². The molecule has 3 aromatic rings. The molecule has 1 N–H and O–H groups in total. The molecule has 7 nitrogen and oxygen atoms in total. The molecule has 8 heteroatoms. The van der Waals surface area contributed by atoms with E-state index in [1.807, 2.05) is 31.2 Å². The summed E-state index contributed by atoms with van der Waals surface area (Å²) in [5.41, 5.74) is 1.51. The molecule has 0 saturated carbocycles. The monoisotopic (exact) mass is 411 g/mol. The van der Waals surface area contributed by atoms with E-state index in [9.17, 15) is 9.00 Å². The molecule has 2 aromatic heterocycles. The van der Waals surface area contributed by atoms with Gasteiger partial charge in [0.2, 0.25) is 0 Å². The third kappa shape index (κ3) is 4.60. The van der Waals surface area contributed by atoms with Crippen LogP contribution in [0.3, 0.4) is 0 Å². The molecule has 0 saturated heterocycles. The van der Waals surface area contributed by atoms with Crippen LogP contribution in [0.5, 0.6) is 11.5 Å². The topological polar surface area (TPSA) is 90.4 Å². The first-order valence-corrected chi connectivity index (χ1v) is 10.0. The Morgan fingerprint density at radius 2 is 1.83 bits per heavy atom. The molecule has 29 heavy (non-hydrogen) atoms. The van der Waals surface area contributed by atoms with E-state index in [0.717, 1.165) is 11.3 Å². The summed E-state index contributed by atoms with van der Waals surface area (Å²) in [6.45, 7) is 1.83. The lowest BCUT2D eigenvalue weighted by atomic mass is 10.1. The van der Waals surface area contributed by atoms with Crippen LogP contribution in [0.25, 0.3) is 0 Å². The number of anilines is 1. The van der Waals surface area contributed by atoms with Crippen LogP contribution in [-0.2, 0) is 10.8 Å². The van der Waals surface area contributed by atoms with Crippen molar-refractivity contribution in [2.24, 2.45) is 0 Å². The fourth-order valence-electron chi connectivity index (χ4n) is 2.73. The number of benzene rings is 1. The second-order valence-electron chi connectivity index (χ2n) is 6.10. The average molecular weight is 411 g/mol. The minimum Gasteiger partial charge on any atom is -0.497 e. The van der Waals surface area contributed by atoms with Gasteiger partial charge in [0.15, 0.2) is 0 Å². The largest absolute Gasteiger partial charge is 0.497 e. The van der Waals surface area contributed by atoms with Crippen molar-refractivity contribution in [1.82, 2.24) is 9.97 Å². The van der Waals surface area contributed by atoms with Gasteiger partial charge >= 0.3 is 0 Å². The molecular formula is C21H21N3O4S. The Morgan fingerprint density at radius 3 is 2.52 bits per heavy atom. The highest BCUT2D eigenvalue weighted by atomic mass is 32.2. The number of hydrogen-bond donors (Lipinski definition) is 1. The van der Waals surface area contributed by atoms with Gasteiger partial charge in [0.1, 0.15) is 22.2 Å². The number of carbonyl (C=O) groups is 1. The Hall–Kier alpha value is -3.26. The van der Waals surface area contributed by atoms with Crippen molar-refractivity contribution in [3.63, 3.8) is 0 Å². The maximum absolute atomic E-state index is 13.2. The number of nitrogens with zero attached hydrogens (tertiary/aromatic N) is 2. The molecule has 0 bridgehead atoms. The molecule has 2 atom stereocenters. The molecule has 0 spiro atoms. The Morgan fingerprint density at radius 1 is 1.07 bits per heavy atom. The Balaban J connectivity index is 1.87. The van der Waals surface area contributed by atoms with Gasteiger partial charge in [-0.05, 0) is 36.8 Å². The number of rotatable bonds is 7. The number of nitrogens with one attached hydrogen (secondary N) is 1. The highest BCUT2D eigenvalue weighted by Crippen LogP contribution is 2.28. The van der Waals surface area contributed by atoms with Crippen LogP contribution in [0.4, 0.5) is 5.69 Å². The van der Waals surface area contributed by atoms with Gasteiger partial charge in [-0.15, -0.1) is 0 Å². The van der Waals surface area contributed by atoms with Crippen molar-refractivity contribution >= 4 is 22.4 Å². The highest BCUT2D eigenvalue weighted by Gasteiger charge is 2.23. The summed E-state index contributed by atoms with van der Waals surface area (Å²) in [5.74, 6) is 0.760. The van der Waals surface area contributed by atoms with E-state index in [1.165, 1.54) is 19.5 Å². The summed E-state index contributed by atoms with van der Waals surface area (Å²) in [5, 5.41) is 2.60. The van der Waals surface area contributed by atoms with E-state index in [1.54, 1.807) is 31.5 Å². The van der Waals surface area contributed by atoms with Gasteiger partial charge in [-0.2, -0.15) is 0 Å². The second kappa shape index (κ2) is 9.29. The van der Waals surface area contributed by atoms with Gasteiger partial charge in [0, 0.05) is 18.5 Å². The molecule has 1 aromatic carbocycles. The number of methoxy groups -OCH3 is 2. The lowest BCUT2D eigenvalue weighted by Gasteiger charge is -2.15. The first kappa shape index (κ1) is 20.5. The van der Waals surface area contributed by atoms with Gasteiger partial charge in [0.05, 0.1) is 42.0 Å². The minimum absolute atomic E-state index is 0.219. The van der Waals surface area contributed by atoms with Gasteiger partial charge in [-0.25, -0.2) is 4.98 Å². The normalized spacial score (nSPS) is 12.7. The van der Waals surface area contributed by atoms with E-state index in [0.29, 0.717) is 11.4 Å². The second-order valence-corrected chi connectivity index (χ2v) is 7.79. The van der Waals surface area contributed by atoms with Crippen LogP contribution in [0.15, 0.2) is 66.1 Å². The van der Waals surface area contributed by atoms with E-state index in [4.69, 9.17) is 9.47 Å². The van der Waals surface area contributed by atoms with Crippen molar-refractivity contribution < 1.29 is 18.5 Å². The van der Waals surface area contributed by atoms with Gasteiger partial charge < -0.3 is 14.8 Å². The predicted molar refractivity (Wildman–Crippen MR) is 111 cm³/mol. The van der Waals surface area contributed by atoms with Crippen molar-refractivity contribution in [2.75, 3.05) is 19.5 Å². The first-order valence-electron chi connectivity index (χ1n) is 8.84. The molecule has 2 heterocycles. The predicted octanol–water partition coefficient (Wildman–Crippen LogP) is 3.61. The molecule has 0 aliphatic heterocycles. The van der Waals surface area contributed by atoms with Crippen molar-refractivity contribution in [3.05, 3.63) is 72.2 Å². The van der Waals surface area contributed by atoms with Gasteiger partial charge in [-0.3, -0.25) is 14.0 Å². The zero-order valence-corrected chi connectivity index (χ0v) is 17.1. The number of ether oxygens (including phenoxy) is 2. The van der Waals surface area contributed by atoms with Crippen LogP contribution < -0.4 is 14.8 Å². The smallest absolute Gasteiger partial charge is 0.258 e. The molecule has 0 fully saturated rings. The number of amides is 1. The molecule has 0 aliphatic rings. The summed E-state index contributed by atoms with van der Waals surface area (Å²) in [4.78, 5) is 21.1. The van der Waals surface area contributed by atoms with E-state index >= 15 is 0 Å². The summed E-state index contributed by atoms with van der Waals surface area (Å²) >= 11 is 0. The first-order chi connectivity index (χ1) is 14.0. The van der Waals surface area contributed by atoms with E-state index < -0.39 is 16.7 Å². The van der Waals surface area contributed by atoms with Crippen LogP contribution >= 0.6 is 0 Å². The number of aromatic nitrogens is 2. The number of pyridine rings is 2. The zero-order chi connectivity index (χ0) is 20.8. The maximum Gasteiger partial charge on any atom is 0.258 e. The SMILES string of the molecule is COc1ccc(C(C)S(=O)c2ncccc2C(=O)Nc2cnccc2OC)cc1. The zero-order valence-electron chi connectivity index (χ0n) is 16.3. The lowest BCUT2D eigenvalue weighted by molar-refractivity contribution is 0.102. The fraction of sp³-hybridized carbons (Fsp3) is 0.190. The average Bonchev–Trinajstić information content (AvgIpc) is 2.78. The van der Waals surface area contributed by atoms with Crippen LogP contribution in [0.2, 0.25) is 0 Å². The highest BCUT2D eigenvalue weighted by molar-refractivity contribution is 7.85. The van der Waals surface area contributed by atoms with E-state index in [-0.39, 0.29) is 15.8 Å². The molecule has 3 rings (SSSR count). The number of hydrogen-bond acceptors (Lipinski definition) is 6. The van der Waals surface area contributed by atoms with Crippen LogP contribution in [-0.4, -0.2) is 34.3 Å². The van der Waals surface area contributed by atoms with E-state index in [2.05, 4.69) is 15.3 Å². The fourth-order valence-corrected chi connectivity index (χ4v) is 4.01. The van der Waals surface area contributed by atoms with Crippen molar-refractivity contribution in [1.29, 1.82) is 0 Å². The summed E-state index contributed by atoms with van der Waals surface area (Å²) in [6, 6.07) is 12.2. The third-order valence-electron chi connectivity index (χ3n) is 4.36. The summed E-state index contributed by atoms with van der Waals surface area (Å²) in [6.07, 6.45) is 4.58. The number of carbonyl (C=O) groups excluding carboxylic acids is 1. The quantitative estimate of drug-likeness (QED) is 0.639. The van der Waals surface area contributed by atoms with Crippen LogP contribution in [0.1, 0.15) is 28.1 Å². The van der Waals surface area contributed by atoms with Crippen LogP contribution in [0, 0.1) is 0 Å². The molecule has 150 valence electrons. The van der Waals surface area contributed by atoms with Crippen molar-refractivity contribution in [2.45, 2.75) is 17.2 Å². The standard InChI is InChI=1S/C21H21N3O4S/c1-14(15-6-8-16(27-2)9-7-15)29(26)21-17(5-4-11-23-21)20(25)24-18-13-22-12-10-19(18)28-3/h4-14H,1-3H3,(H,24,25). The molecule has 0 aliphatic carbocycles. The molecule has 2 unspecified atom stereocenters. The summed E-state index contributed by atoms with van der Waals surface area (Å²) in [7, 11) is 1.55. The Kier molecular flexibility index (Phi) is 6.56. The van der Waals surface area contributed by atoms with Crippen molar-refractivity contribution in [3.8, 4) is 11.5 Å². The van der Waals surface area contributed by atoms with Gasteiger partial charge in [0.25, 0.3) is 5.91 Å². The van der Waals surface area contributed by atoms with Gasteiger partial charge in [-0.1, -0.05) is 12.1 Å². The maximum atomic E-state index is 13.2. The molecule has 0 radical (unpaired) electrons. The summed E-state index contributed by atoms with van der Waals surface area (Å²) < 4.78 is 23.6. The molecular weight excluding hydrogens is 390 g/mol. The lowest BCUT2D eigenvalue weighted by Crippen LogP contribution is -2.17.